The Morgan fingerprint density at radius 3 is 2.35 bits per heavy atom. The van der Waals surface area contributed by atoms with Crippen molar-refractivity contribution in [1.82, 2.24) is 9.80 Å². The molecular weight excluding hydrogens is 218 g/mol. The number of carbonyl (C=O) groups is 1. The van der Waals surface area contributed by atoms with Crippen LogP contribution in [0.2, 0.25) is 0 Å². The van der Waals surface area contributed by atoms with Gasteiger partial charge >= 0.3 is 5.97 Å². The van der Waals surface area contributed by atoms with Gasteiger partial charge in [0.2, 0.25) is 0 Å². The Morgan fingerprint density at radius 1 is 1.47 bits per heavy atom. The van der Waals surface area contributed by atoms with Crippen molar-refractivity contribution in [2.75, 3.05) is 40.8 Å². The van der Waals surface area contributed by atoms with Crippen LogP contribution in [0, 0.1) is 0 Å². The number of esters is 1. The first-order valence-electron chi connectivity index (χ1n) is 6.00. The third-order valence-corrected chi connectivity index (χ3v) is 2.84. The summed E-state index contributed by atoms with van der Waals surface area (Å²) in [4.78, 5) is 15.9. The molecule has 0 aliphatic carbocycles. The van der Waals surface area contributed by atoms with Crippen molar-refractivity contribution >= 4 is 5.97 Å². The molecule has 0 aliphatic heterocycles. The van der Waals surface area contributed by atoms with Crippen LogP contribution >= 0.6 is 0 Å². The fourth-order valence-corrected chi connectivity index (χ4v) is 1.94. The third kappa shape index (κ3) is 5.48. The minimum absolute atomic E-state index is 0.350. The van der Waals surface area contributed by atoms with Gasteiger partial charge in [-0.2, -0.15) is 0 Å². The van der Waals surface area contributed by atoms with Crippen molar-refractivity contribution in [2.45, 2.75) is 32.4 Å². The van der Waals surface area contributed by atoms with E-state index in [0.29, 0.717) is 12.6 Å². The maximum Gasteiger partial charge on any atom is 0.326 e. The lowest BCUT2D eigenvalue weighted by Crippen LogP contribution is -2.57. The van der Waals surface area contributed by atoms with Gasteiger partial charge in [0, 0.05) is 19.1 Å². The van der Waals surface area contributed by atoms with E-state index >= 15 is 0 Å². The molecule has 0 amide bonds. The van der Waals surface area contributed by atoms with Crippen molar-refractivity contribution in [3.8, 4) is 0 Å². The van der Waals surface area contributed by atoms with E-state index in [-0.39, 0.29) is 5.97 Å². The van der Waals surface area contributed by atoms with Crippen molar-refractivity contribution < 1.29 is 9.53 Å². The Labute approximate surface area is 105 Å². The molecule has 5 heteroatoms. The summed E-state index contributed by atoms with van der Waals surface area (Å²) in [5.74, 6) is -0.368. The van der Waals surface area contributed by atoms with Gasteiger partial charge in [0.25, 0.3) is 0 Å². The Morgan fingerprint density at radius 2 is 2.00 bits per heavy atom. The summed E-state index contributed by atoms with van der Waals surface area (Å²) in [6.07, 6.45) is 0. The van der Waals surface area contributed by atoms with Crippen LogP contribution in [0.25, 0.3) is 0 Å². The fourth-order valence-electron chi connectivity index (χ4n) is 1.94. The average Bonchev–Trinajstić information content (AvgIpc) is 2.23. The van der Waals surface area contributed by atoms with Gasteiger partial charge in [0.15, 0.2) is 0 Å². The van der Waals surface area contributed by atoms with Crippen LogP contribution in [0.4, 0.5) is 0 Å². The fraction of sp³-hybridized carbons (Fsp3) is 0.917. The summed E-state index contributed by atoms with van der Waals surface area (Å²) in [5.41, 5.74) is 5.03. The van der Waals surface area contributed by atoms with Crippen LogP contribution in [0.1, 0.15) is 20.8 Å². The molecule has 0 saturated heterocycles. The Balaban J connectivity index is 4.53. The number of rotatable bonds is 7. The van der Waals surface area contributed by atoms with Crippen molar-refractivity contribution in [1.29, 1.82) is 0 Å². The number of likely N-dealkylation sites (N-methyl/N-ethyl adjacent to an activating group) is 2. The molecule has 0 spiro atoms. The molecule has 0 fully saturated rings. The molecule has 0 aromatic heterocycles. The van der Waals surface area contributed by atoms with Gasteiger partial charge in [-0.15, -0.1) is 0 Å². The molecule has 0 saturated carbocycles. The highest BCUT2D eigenvalue weighted by atomic mass is 16.5. The molecule has 0 rings (SSSR count). The molecule has 5 nitrogen and oxygen atoms in total. The van der Waals surface area contributed by atoms with E-state index in [4.69, 9.17) is 10.5 Å². The molecule has 2 unspecified atom stereocenters. The summed E-state index contributed by atoms with van der Waals surface area (Å²) in [6, 6.07) is 0.350. The minimum Gasteiger partial charge on any atom is -0.468 e. The van der Waals surface area contributed by atoms with Gasteiger partial charge in [-0.3, -0.25) is 9.69 Å². The SMILES string of the molecule is CCN(CC(C)(N)C(=O)OC)C(C)CN(C)C. The molecule has 2 N–H and O–H groups in total. The predicted molar refractivity (Wildman–Crippen MR) is 69.9 cm³/mol. The first-order chi connectivity index (χ1) is 7.74. The highest BCUT2D eigenvalue weighted by molar-refractivity contribution is 5.80. The first kappa shape index (κ1) is 16.4. The van der Waals surface area contributed by atoms with Crippen LogP contribution in [-0.2, 0) is 9.53 Å². The number of hydrogen-bond donors (Lipinski definition) is 1. The molecule has 0 aromatic rings. The standard InChI is InChI=1S/C12H27N3O2/c1-7-15(10(2)8-14(4)5)9-12(3,13)11(16)17-6/h10H,7-9,13H2,1-6H3. The number of hydrogen-bond acceptors (Lipinski definition) is 5. The lowest BCUT2D eigenvalue weighted by Gasteiger charge is -2.35. The second-order valence-corrected chi connectivity index (χ2v) is 5.08. The molecule has 17 heavy (non-hydrogen) atoms. The zero-order chi connectivity index (χ0) is 13.6. The quantitative estimate of drug-likeness (QED) is 0.647. The zero-order valence-corrected chi connectivity index (χ0v) is 12.0. The van der Waals surface area contributed by atoms with E-state index in [9.17, 15) is 4.79 Å². The summed E-state index contributed by atoms with van der Waals surface area (Å²) >= 11 is 0. The molecule has 2 atom stereocenters. The minimum atomic E-state index is -0.953. The maximum absolute atomic E-state index is 11.5. The van der Waals surface area contributed by atoms with E-state index in [2.05, 4.69) is 23.6 Å². The maximum atomic E-state index is 11.5. The Kier molecular flexibility index (Phi) is 6.67. The normalized spacial score (nSPS) is 17.0. The molecular formula is C12H27N3O2. The molecule has 0 heterocycles. The van der Waals surface area contributed by atoms with Crippen LogP contribution in [0.15, 0.2) is 0 Å². The molecule has 0 aliphatic rings. The van der Waals surface area contributed by atoms with E-state index in [1.165, 1.54) is 7.11 Å². The number of nitrogens with zero attached hydrogens (tertiary/aromatic N) is 2. The second kappa shape index (κ2) is 6.93. The third-order valence-electron chi connectivity index (χ3n) is 2.84. The van der Waals surface area contributed by atoms with Gasteiger partial charge in [0.05, 0.1) is 7.11 Å². The summed E-state index contributed by atoms with van der Waals surface area (Å²) < 4.78 is 4.72. The van der Waals surface area contributed by atoms with Gasteiger partial charge in [-0.25, -0.2) is 0 Å². The molecule has 102 valence electrons. The van der Waals surface area contributed by atoms with Crippen molar-refractivity contribution in [3.05, 3.63) is 0 Å². The van der Waals surface area contributed by atoms with E-state index < -0.39 is 5.54 Å². The number of methoxy groups -OCH3 is 1. The predicted octanol–water partition coefficient (Wildman–Crippen LogP) is 0.149. The molecule has 0 radical (unpaired) electrons. The number of ether oxygens (including phenoxy) is 1. The first-order valence-corrected chi connectivity index (χ1v) is 6.00. The van der Waals surface area contributed by atoms with Crippen LogP contribution in [0.5, 0.6) is 0 Å². The van der Waals surface area contributed by atoms with Crippen molar-refractivity contribution in [2.24, 2.45) is 5.73 Å². The van der Waals surface area contributed by atoms with Crippen LogP contribution in [0.3, 0.4) is 0 Å². The smallest absolute Gasteiger partial charge is 0.326 e. The van der Waals surface area contributed by atoms with Crippen LogP contribution in [-0.4, -0.2) is 68.2 Å². The van der Waals surface area contributed by atoms with Gasteiger partial charge in [0.1, 0.15) is 5.54 Å². The monoisotopic (exact) mass is 245 g/mol. The van der Waals surface area contributed by atoms with E-state index in [1.807, 2.05) is 14.1 Å². The highest BCUT2D eigenvalue weighted by Crippen LogP contribution is 2.09. The summed E-state index contributed by atoms with van der Waals surface area (Å²) in [6.45, 7) is 8.22. The van der Waals surface area contributed by atoms with Gasteiger partial charge < -0.3 is 15.4 Å². The number of nitrogens with two attached hydrogens (primary N) is 1. The summed E-state index contributed by atoms with van der Waals surface area (Å²) in [7, 11) is 5.44. The Bertz CT molecular complexity index is 242. The lowest BCUT2D eigenvalue weighted by molar-refractivity contribution is -0.147. The number of carbonyl (C=O) groups excluding carboxylic acids is 1. The molecule has 0 bridgehead atoms. The molecule has 0 aromatic carbocycles. The van der Waals surface area contributed by atoms with E-state index in [0.717, 1.165) is 13.1 Å². The second-order valence-electron chi connectivity index (χ2n) is 5.08. The summed E-state index contributed by atoms with van der Waals surface area (Å²) in [5, 5.41) is 0. The average molecular weight is 245 g/mol. The van der Waals surface area contributed by atoms with Gasteiger partial charge in [-0.1, -0.05) is 6.92 Å². The lowest BCUT2D eigenvalue weighted by atomic mass is 10.0. The van der Waals surface area contributed by atoms with Gasteiger partial charge in [-0.05, 0) is 34.5 Å². The largest absolute Gasteiger partial charge is 0.468 e. The van der Waals surface area contributed by atoms with Crippen LogP contribution < -0.4 is 5.73 Å². The topological polar surface area (TPSA) is 58.8 Å². The highest BCUT2D eigenvalue weighted by Gasteiger charge is 2.32. The van der Waals surface area contributed by atoms with Crippen molar-refractivity contribution in [3.63, 3.8) is 0 Å². The zero-order valence-electron chi connectivity index (χ0n) is 12.0. The van der Waals surface area contributed by atoms with E-state index in [1.54, 1.807) is 6.92 Å². The Hall–Kier alpha value is -0.650.